The second-order valence-corrected chi connectivity index (χ2v) is 8.70. The summed E-state index contributed by atoms with van der Waals surface area (Å²) in [6.07, 6.45) is 0.198. The van der Waals surface area contributed by atoms with E-state index in [9.17, 15) is 14.4 Å². The van der Waals surface area contributed by atoms with Gasteiger partial charge in [-0.25, -0.2) is 0 Å². The van der Waals surface area contributed by atoms with Crippen LogP contribution in [0, 0.1) is 5.92 Å². The molecule has 2 aliphatic rings. The normalized spacial score (nSPS) is 18.3. The van der Waals surface area contributed by atoms with E-state index in [1.807, 2.05) is 30.3 Å². The van der Waals surface area contributed by atoms with Gasteiger partial charge in [0, 0.05) is 51.4 Å². The van der Waals surface area contributed by atoms with Crippen LogP contribution in [-0.4, -0.2) is 75.2 Å². The smallest absolute Gasteiger partial charge is 0.258 e. The highest BCUT2D eigenvalue weighted by molar-refractivity contribution is 6.00. The first-order chi connectivity index (χ1) is 17.1. The van der Waals surface area contributed by atoms with Crippen molar-refractivity contribution in [1.29, 1.82) is 0 Å². The topological polar surface area (TPSA) is 100 Å². The lowest BCUT2D eigenvalue weighted by molar-refractivity contribution is -0.126. The van der Waals surface area contributed by atoms with Gasteiger partial charge >= 0.3 is 0 Å². The van der Waals surface area contributed by atoms with E-state index in [-0.39, 0.29) is 36.7 Å². The zero-order chi connectivity index (χ0) is 24.5. The van der Waals surface area contributed by atoms with Crippen molar-refractivity contribution in [1.82, 2.24) is 15.5 Å². The van der Waals surface area contributed by atoms with Crippen molar-refractivity contribution in [3.05, 3.63) is 60.2 Å². The van der Waals surface area contributed by atoms with Crippen molar-refractivity contribution >= 4 is 23.4 Å². The predicted molar refractivity (Wildman–Crippen MR) is 131 cm³/mol. The van der Waals surface area contributed by atoms with Crippen LogP contribution in [-0.2, 0) is 25.7 Å². The minimum absolute atomic E-state index is 0.0766. The monoisotopic (exact) mass is 480 g/mol. The number of rotatable bonds is 10. The van der Waals surface area contributed by atoms with Crippen LogP contribution in [0.2, 0.25) is 0 Å². The third-order valence-corrected chi connectivity index (χ3v) is 6.18. The number of carbonyl (C=O) groups is 3. The fourth-order valence-electron chi connectivity index (χ4n) is 4.16. The molecule has 1 atom stereocenters. The molecule has 3 amide bonds. The SMILES string of the molecule is O=C(COc1ccc(N2C[C@H](C(=O)NCCN3CCOCC3)CC2=O)cc1)NCc1ccccc1. The number of morpholine rings is 1. The maximum atomic E-state index is 12.6. The average Bonchev–Trinajstić information content (AvgIpc) is 3.29. The molecule has 0 aliphatic carbocycles. The van der Waals surface area contributed by atoms with E-state index in [1.54, 1.807) is 29.2 Å². The molecule has 4 rings (SSSR count). The Morgan fingerprint density at radius 1 is 1.00 bits per heavy atom. The molecule has 2 aromatic rings. The average molecular weight is 481 g/mol. The zero-order valence-electron chi connectivity index (χ0n) is 19.8. The summed E-state index contributed by atoms with van der Waals surface area (Å²) in [5, 5.41) is 5.78. The number of nitrogens with one attached hydrogen (secondary N) is 2. The number of benzene rings is 2. The summed E-state index contributed by atoms with van der Waals surface area (Å²) in [5.41, 5.74) is 1.73. The molecule has 2 N–H and O–H groups in total. The largest absolute Gasteiger partial charge is 0.484 e. The molecule has 0 spiro atoms. The fourth-order valence-corrected chi connectivity index (χ4v) is 4.16. The number of carbonyl (C=O) groups excluding carboxylic acids is 3. The molecule has 2 saturated heterocycles. The molecule has 2 aromatic carbocycles. The molecular formula is C26H32N4O5. The Balaban J connectivity index is 1.19. The maximum absolute atomic E-state index is 12.6. The van der Waals surface area contributed by atoms with Gasteiger partial charge in [0.05, 0.1) is 19.1 Å². The van der Waals surface area contributed by atoms with E-state index in [0.29, 0.717) is 31.1 Å². The maximum Gasteiger partial charge on any atom is 0.258 e. The van der Waals surface area contributed by atoms with E-state index in [2.05, 4.69) is 15.5 Å². The lowest BCUT2D eigenvalue weighted by Crippen LogP contribution is -2.42. The van der Waals surface area contributed by atoms with Crippen LogP contribution in [0.5, 0.6) is 5.75 Å². The summed E-state index contributed by atoms with van der Waals surface area (Å²) in [5.74, 6) is -0.206. The van der Waals surface area contributed by atoms with Gasteiger partial charge in [-0.2, -0.15) is 0 Å². The van der Waals surface area contributed by atoms with Crippen LogP contribution in [0.4, 0.5) is 5.69 Å². The molecule has 0 radical (unpaired) electrons. The molecule has 2 aliphatic heterocycles. The Morgan fingerprint density at radius 3 is 2.49 bits per heavy atom. The molecular weight excluding hydrogens is 448 g/mol. The van der Waals surface area contributed by atoms with Gasteiger partial charge in [0.15, 0.2) is 6.61 Å². The third-order valence-electron chi connectivity index (χ3n) is 6.18. The summed E-state index contributed by atoms with van der Waals surface area (Å²) < 4.78 is 10.9. The van der Waals surface area contributed by atoms with E-state index >= 15 is 0 Å². The van der Waals surface area contributed by atoms with Gasteiger partial charge < -0.3 is 25.0 Å². The number of nitrogens with zero attached hydrogens (tertiary/aromatic N) is 2. The number of amides is 3. The third kappa shape index (κ3) is 7.27. The molecule has 0 bridgehead atoms. The number of ether oxygens (including phenoxy) is 2. The van der Waals surface area contributed by atoms with Crippen molar-refractivity contribution in [2.75, 3.05) is 57.4 Å². The van der Waals surface area contributed by atoms with Gasteiger partial charge in [-0.15, -0.1) is 0 Å². The zero-order valence-corrected chi connectivity index (χ0v) is 19.8. The van der Waals surface area contributed by atoms with Crippen LogP contribution in [0.15, 0.2) is 54.6 Å². The Morgan fingerprint density at radius 2 is 1.74 bits per heavy atom. The van der Waals surface area contributed by atoms with E-state index in [0.717, 1.165) is 38.4 Å². The second-order valence-electron chi connectivity index (χ2n) is 8.70. The summed E-state index contributed by atoms with van der Waals surface area (Å²) >= 11 is 0. The number of anilines is 1. The van der Waals surface area contributed by atoms with E-state index < -0.39 is 0 Å². The van der Waals surface area contributed by atoms with Crippen LogP contribution in [0.3, 0.4) is 0 Å². The summed E-state index contributed by atoms with van der Waals surface area (Å²) in [4.78, 5) is 41.0. The van der Waals surface area contributed by atoms with Crippen molar-refractivity contribution < 1.29 is 23.9 Å². The molecule has 2 fully saturated rings. The summed E-state index contributed by atoms with van der Waals surface area (Å²) in [7, 11) is 0. The lowest BCUT2D eigenvalue weighted by Gasteiger charge is -2.26. The molecule has 186 valence electrons. The molecule has 0 aromatic heterocycles. The minimum atomic E-state index is -0.364. The minimum Gasteiger partial charge on any atom is -0.484 e. The van der Waals surface area contributed by atoms with Gasteiger partial charge in [0.1, 0.15) is 5.75 Å². The fraction of sp³-hybridized carbons (Fsp3) is 0.423. The number of hydrogen-bond acceptors (Lipinski definition) is 6. The Kier molecular flexibility index (Phi) is 8.69. The van der Waals surface area contributed by atoms with Crippen LogP contribution < -0.4 is 20.3 Å². The van der Waals surface area contributed by atoms with E-state index in [1.165, 1.54) is 0 Å². The Bertz CT molecular complexity index is 993. The van der Waals surface area contributed by atoms with Crippen LogP contribution in [0.1, 0.15) is 12.0 Å². The highest BCUT2D eigenvalue weighted by Crippen LogP contribution is 2.27. The molecule has 0 saturated carbocycles. The molecule has 2 heterocycles. The van der Waals surface area contributed by atoms with Crippen LogP contribution >= 0.6 is 0 Å². The van der Waals surface area contributed by atoms with Crippen molar-refractivity contribution in [2.45, 2.75) is 13.0 Å². The van der Waals surface area contributed by atoms with Crippen molar-refractivity contribution in [3.8, 4) is 5.75 Å². The first-order valence-corrected chi connectivity index (χ1v) is 12.0. The van der Waals surface area contributed by atoms with Crippen molar-refractivity contribution in [2.24, 2.45) is 5.92 Å². The molecule has 9 heteroatoms. The highest BCUT2D eigenvalue weighted by atomic mass is 16.5. The van der Waals surface area contributed by atoms with Crippen LogP contribution in [0.25, 0.3) is 0 Å². The highest BCUT2D eigenvalue weighted by Gasteiger charge is 2.35. The Hall–Kier alpha value is -3.43. The Labute approximate surface area is 205 Å². The van der Waals surface area contributed by atoms with Gasteiger partial charge in [-0.1, -0.05) is 30.3 Å². The van der Waals surface area contributed by atoms with Gasteiger partial charge in [-0.05, 0) is 29.8 Å². The molecule has 9 nitrogen and oxygen atoms in total. The van der Waals surface area contributed by atoms with Gasteiger partial charge in [0.25, 0.3) is 5.91 Å². The predicted octanol–water partition coefficient (Wildman–Crippen LogP) is 1.18. The van der Waals surface area contributed by atoms with Crippen molar-refractivity contribution in [3.63, 3.8) is 0 Å². The number of hydrogen-bond donors (Lipinski definition) is 2. The van der Waals surface area contributed by atoms with Gasteiger partial charge in [0.2, 0.25) is 11.8 Å². The van der Waals surface area contributed by atoms with E-state index in [4.69, 9.17) is 9.47 Å². The second kappa shape index (κ2) is 12.3. The quantitative estimate of drug-likeness (QED) is 0.530. The standard InChI is InChI=1S/C26H32N4O5/c31-24(28-17-20-4-2-1-3-5-20)19-35-23-8-6-22(7-9-23)30-18-21(16-25(30)32)26(33)27-10-11-29-12-14-34-15-13-29/h1-9,21H,10-19H2,(H,27,33)(H,28,31)/t21-/m1/s1. The molecule has 0 unspecified atom stereocenters. The summed E-state index contributed by atoms with van der Waals surface area (Å²) in [6.45, 7) is 5.26. The lowest BCUT2D eigenvalue weighted by atomic mass is 10.1. The summed E-state index contributed by atoms with van der Waals surface area (Å²) in [6, 6.07) is 16.7. The first kappa shape index (κ1) is 24.7. The first-order valence-electron chi connectivity index (χ1n) is 12.0. The molecule has 35 heavy (non-hydrogen) atoms. The van der Waals surface area contributed by atoms with Gasteiger partial charge in [-0.3, -0.25) is 19.3 Å².